The highest BCUT2D eigenvalue weighted by molar-refractivity contribution is 7.92. The molecular weight excluding hydrogens is 314 g/mol. The van der Waals surface area contributed by atoms with Crippen molar-refractivity contribution in [2.75, 3.05) is 4.72 Å². The number of nitriles is 1. The smallest absolute Gasteiger partial charge is 0.263 e. The number of aryl methyl sites for hydroxylation is 1. The zero-order valence-corrected chi connectivity index (χ0v) is 13.9. The van der Waals surface area contributed by atoms with E-state index < -0.39 is 10.0 Å². The molecule has 0 unspecified atom stereocenters. The topological polar surface area (TPSA) is 92.1 Å². The quantitative estimate of drug-likeness (QED) is 0.909. The molecule has 2 aromatic rings. The molecule has 0 aliphatic carbocycles. The Bertz CT molecular complexity index is 838. The molecule has 1 N–H and O–H groups in total. The molecule has 0 amide bonds. The van der Waals surface area contributed by atoms with Crippen molar-refractivity contribution in [1.29, 1.82) is 5.26 Å². The average molecular weight is 331 g/mol. The number of pyridine rings is 1. The van der Waals surface area contributed by atoms with Gasteiger partial charge in [0.15, 0.2) is 0 Å². The maximum absolute atomic E-state index is 12.4. The highest BCUT2D eigenvalue weighted by Crippen LogP contribution is 2.20. The van der Waals surface area contributed by atoms with E-state index in [0.717, 1.165) is 0 Å². The number of ether oxygens (including phenoxy) is 1. The van der Waals surface area contributed by atoms with Crippen LogP contribution >= 0.6 is 0 Å². The molecule has 0 saturated carbocycles. The standard InChI is InChI=1S/C16H17N3O3S/c1-11(2)22-14-4-6-15(7-5-14)23(20,21)19-16-9-13(10-17)8-12(3)18-16/h4-9,11H,1-3H3,(H,18,19). The third-order valence-electron chi connectivity index (χ3n) is 2.83. The van der Waals surface area contributed by atoms with Crippen molar-refractivity contribution in [2.45, 2.75) is 31.8 Å². The van der Waals surface area contributed by atoms with Gasteiger partial charge in [0.1, 0.15) is 11.6 Å². The van der Waals surface area contributed by atoms with Gasteiger partial charge in [-0.1, -0.05) is 0 Å². The summed E-state index contributed by atoms with van der Waals surface area (Å²) in [7, 11) is -3.78. The van der Waals surface area contributed by atoms with E-state index >= 15 is 0 Å². The Morgan fingerprint density at radius 1 is 1.22 bits per heavy atom. The largest absolute Gasteiger partial charge is 0.491 e. The SMILES string of the molecule is Cc1cc(C#N)cc(NS(=O)(=O)c2ccc(OC(C)C)cc2)n1. The molecule has 0 spiro atoms. The fourth-order valence-corrected chi connectivity index (χ4v) is 2.94. The number of nitrogens with one attached hydrogen (secondary N) is 1. The molecule has 23 heavy (non-hydrogen) atoms. The Morgan fingerprint density at radius 2 is 1.87 bits per heavy atom. The highest BCUT2D eigenvalue weighted by Gasteiger charge is 2.15. The monoisotopic (exact) mass is 331 g/mol. The lowest BCUT2D eigenvalue weighted by Gasteiger charge is -2.11. The van der Waals surface area contributed by atoms with Gasteiger partial charge >= 0.3 is 0 Å². The molecule has 0 saturated heterocycles. The summed E-state index contributed by atoms with van der Waals surface area (Å²) in [6, 6.07) is 11.0. The van der Waals surface area contributed by atoms with Gasteiger partial charge < -0.3 is 4.74 Å². The Balaban J connectivity index is 2.25. The van der Waals surface area contributed by atoms with E-state index in [-0.39, 0.29) is 16.8 Å². The minimum absolute atomic E-state index is 0.0106. The van der Waals surface area contributed by atoms with Crippen LogP contribution in [0.4, 0.5) is 5.82 Å². The molecular formula is C16H17N3O3S. The third-order valence-corrected chi connectivity index (χ3v) is 4.20. The molecule has 1 aromatic carbocycles. The van der Waals surface area contributed by atoms with Crippen molar-refractivity contribution in [3.8, 4) is 11.8 Å². The minimum Gasteiger partial charge on any atom is -0.491 e. The van der Waals surface area contributed by atoms with E-state index in [4.69, 9.17) is 10.00 Å². The molecule has 7 heteroatoms. The Morgan fingerprint density at radius 3 is 2.43 bits per heavy atom. The van der Waals surface area contributed by atoms with Crippen LogP contribution in [0.1, 0.15) is 25.1 Å². The first-order valence-electron chi connectivity index (χ1n) is 6.98. The van der Waals surface area contributed by atoms with Gasteiger partial charge in [0, 0.05) is 5.69 Å². The molecule has 0 fully saturated rings. The fourth-order valence-electron chi connectivity index (χ4n) is 1.95. The number of hydrogen-bond acceptors (Lipinski definition) is 5. The maximum Gasteiger partial charge on any atom is 0.263 e. The molecule has 1 aromatic heterocycles. The number of sulfonamides is 1. The van der Waals surface area contributed by atoms with Gasteiger partial charge in [-0.15, -0.1) is 0 Å². The van der Waals surface area contributed by atoms with Gasteiger partial charge in [-0.2, -0.15) is 5.26 Å². The number of anilines is 1. The molecule has 120 valence electrons. The van der Waals surface area contributed by atoms with Crippen LogP contribution in [0.5, 0.6) is 5.75 Å². The predicted molar refractivity (Wildman–Crippen MR) is 86.7 cm³/mol. The van der Waals surface area contributed by atoms with E-state index in [2.05, 4.69) is 9.71 Å². The summed E-state index contributed by atoms with van der Waals surface area (Å²) in [6.45, 7) is 5.47. The van der Waals surface area contributed by atoms with Crippen molar-refractivity contribution in [3.05, 3.63) is 47.7 Å². The first-order chi connectivity index (χ1) is 10.8. The second-order valence-electron chi connectivity index (χ2n) is 5.24. The van der Waals surface area contributed by atoms with Crippen LogP contribution in [0.2, 0.25) is 0 Å². The van der Waals surface area contributed by atoms with Crippen LogP contribution in [0.25, 0.3) is 0 Å². The lowest BCUT2D eigenvalue weighted by Crippen LogP contribution is -2.14. The summed E-state index contributed by atoms with van der Waals surface area (Å²) in [5.74, 6) is 0.712. The Labute approximate surface area is 135 Å². The molecule has 0 aliphatic heterocycles. The van der Waals surface area contributed by atoms with Crippen molar-refractivity contribution in [3.63, 3.8) is 0 Å². The van der Waals surface area contributed by atoms with Gasteiger partial charge in [-0.05, 0) is 57.2 Å². The summed E-state index contributed by atoms with van der Waals surface area (Å²) >= 11 is 0. The van der Waals surface area contributed by atoms with Crippen LogP contribution in [0, 0.1) is 18.3 Å². The zero-order chi connectivity index (χ0) is 17.0. The van der Waals surface area contributed by atoms with E-state index in [9.17, 15) is 8.42 Å². The Hall–Kier alpha value is -2.59. The first kappa shape index (κ1) is 16.8. The molecule has 0 atom stereocenters. The van der Waals surface area contributed by atoms with Crippen molar-refractivity contribution in [1.82, 2.24) is 4.98 Å². The van der Waals surface area contributed by atoms with Crippen molar-refractivity contribution >= 4 is 15.8 Å². The zero-order valence-electron chi connectivity index (χ0n) is 13.1. The lowest BCUT2D eigenvalue weighted by molar-refractivity contribution is 0.242. The predicted octanol–water partition coefficient (Wildman–Crippen LogP) is 2.85. The summed E-state index contributed by atoms with van der Waals surface area (Å²) in [5.41, 5.74) is 0.901. The number of aromatic nitrogens is 1. The van der Waals surface area contributed by atoms with E-state index in [1.165, 1.54) is 18.2 Å². The van der Waals surface area contributed by atoms with Crippen LogP contribution in [-0.2, 0) is 10.0 Å². The minimum atomic E-state index is -3.78. The van der Waals surface area contributed by atoms with Crippen LogP contribution in [0.15, 0.2) is 41.3 Å². The summed E-state index contributed by atoms with van der Waals surface area (Å²) in [5, 5.41) is 8.94. The number of nitrogens with zero attached hydrogens (tertiary/aromatic N) is 2. The van der Waals surface area contributed by atoms with Gasteiger partial charge in [-0.25, -0.2) is 13.4 Å². The molecule has 2 rings (SSSR count). The maximum atomic E-state index is 12.4. The molecule has 6 nitrogen and oxygen atoms in total. The van der Waals surface area contributed by atoms with Gasteiger partial charge in [0.2, 0.25) is 0 Å². The number of hydrogen-bond donors (Lipinski definition) is 1. The molecule has 0 aliphatic rings. The van der Waals surface area contributed by atoms with Crippen molar-refractivity contribution in [2.24, 2.45) is 0 Å². The van der Waals surface area contributed by atoms with E-state index in [1.807, 2.05) is 19.9 Å². The van der Waals surface area contributed by atoms with Crippen LogP contribution < -0.4 is 9.46 Å². The molecule has 0 bridgehead atoms. The van der Waals surface area contributed by atoms with Crippen molar-refractivity contribution < 1.29 is 13.2 Å². The lowest BCUT2D eigenvalue weighted by atomic mass is 10.2. The van der Waals surface area contributed by atoms with Crippen LogP contribution in [-0.4, -0.2) is 19.5 Å². The van der Waals surface area contributed by atoms with E-state index in [1.54, 1.807) is 25.1 Å². The summed E-state index contributed by atoms with van der Waals surface area (Å²) < 4.78 is 32.6. The second-order valence-corrected chi connectivity index (χ2v) is 6.92. The second kappa shape index (κ2) is 6.67. The summed E-state index contributed by atoms with van der Waals surface area (Å²) in [4.78, 5) is 4.18. The number of rotatable bonds is 5. The van der Waals surface area contributed by atoms with Gasteiger partial charge in [-0.3, -0.25) is 4.72 Å². The normalized spacial score (nSPS) is 11.1. The third kappa shape index (κ3) is 4.44. The first-order valence-corrected chi connectivity index (χ1v) is 8.47. The number of benzene rings is 1. The fraction of sp³-hybridized carbons (Fsp3) is 0.250. The highest BCUT2D eigenvalue weighted by atomic mass is 32.2. The summed E-state index contributed by atoms with van der Waals surface area (Å²) in [6.07, 6.45) is 0.0106. The van der Waals surface area contributed by atoms with Crippen LogP contribution in [0.3, 0.4) is 0 Å². The van der Waals surface area contributed by atoms with E-state index in [0.29, 0.717) is 17.0 Å². The Kier molecular flexibility index (Phi) is 4.86. The molecule has 0 radical (unpaired) electrons. The van der Waals surface area contributed by atoms with Gasteiger partial charge in [0.25, 0.3) is 10.0 Å². The average Bonchev–Trinajstić information content (AvgIpc) is 2.46. The van der Waals surface area contributed by atoms with Gasteiger partial charge in [0.05, 0.1) is 22.6 Å². The molecule has 1 heterocycles.